The Kier molecular flexibility index (Phi) is 4.59. The van der Waals surface area contributed by atoms with Crippen LogP contribution in [0.5, 0.6) is 5.88 Å². The molecule has 1 saturated carbocycles. The van der Waals surface area contributed by atoms with Crippen LogP contribution in [-0.4, -0.2) is 17.6 Å². The number of hydrogen-bond acceptors (Lipinski definition) is 3. The maximum absolute atomic E-state index is 5.72. The first-order valence-electron chi connectivity index (χ1n) is 6.97. The summed E-state index contributed by atoms with van der Waals surface area (Å²) < 4.78 is 5.72. The van der Waals surface area contributed by atoms with E-state index in [4.69, 9.17) is 4.74 Å². The summed E-state index contributed by atoms with van der Waals surface area (Å²) in [6, 6.07) is 4.93. The monoisotopic (exact) mass is 248 g/mol. The van der Waals surface area contributed by atoms with E-state index in [1.54, 1.807) is 0 Å². The fourth-order valence-electron chi connectivity index (χ4n) is 1.83. The number of aryl methyl sites for hydroxylation is 1. The van der Waals surface area contributed by atoms with Crippen LogP contribution in [0.3, 0.4) is 0 Å². The van der Waals surface area contributed by atoms with Crippen molar-refractivity contribution in [3.8, 4) is 5.88 Å². The van der Waals surface area contributed by atoms with E-state index in [2.05, 4.69) is 36.3 Å². The Balaban J connectivity index is 1.87. The normalized spacial score (nSPS) is 15.1. The van der Waals surface area contributed by atoms with Gasteiger partial charge in [-0.1, -0.05) is 13.8 Å². The number of hydrogen-bond donors (Lipinski definition) is 1. The zero-order valence-electron chi connectivity index (χ0n) is 11.7. The molecule has 0 aliphatic heterocycles. The number of rotatable bonds is 7. The maximum atomic E-state index is 5.72. The predicted molar refractivity (Wildman–Crippen MR) is 73.8 cm³/mol. The summed E-state index contributed by atoms with van der Waals surface area (Å²) in [5.74, 6) is 1.44. The second-order valence-corrected chi connectivity index (χ2v) is 5.64. The standard InChI is InChI=1S/C15H24N2O/c1-11(2)6-7-18-15-9-13(8-12(3)17-15)10-16-14-4-5-14/h8-9,11,14,16H,4-7,10H2,1-3H3. The van der Waals surface area contributed by atoms with E-state index < -0.39 is 0 Å². The minimum Gasteiger partial charge on any atom is -0.478 e. The average molecular weight is 248 g/mol. The van der Waals surface area contributed by atoms with Crippen molar-refractivity contribution >= 4 is 0 Å². The number of ether oxygens (including phenoxy) is 1. The van der Waals surface area contributed by atoms with Gasteiger partial charge in [0, 0.05) is 24.3 Å². The summed E-state index contributed by atoms with van der Waals surface area (Å²) in [5.41, 5.74) is 2.30. The summed E-state index contributed by atoms with van der Waals surface area (Å²) >= 11 is 0. The van der Waals surface area contributed by atoms with Gasteiger partial charge in [-0.05, 0) is 43.7 Å². The van der Waals surface area contributed by atoms with Crippen LogP contribution < -0.4 is 10.1 Å². The van der Waals surface area contributed by atoms with E-state index >= 15 is 0 Å². The molecule has 1 aliphatic carbocycles. The predicted octanol–water partition coefficient (Wildman–Crippen LogP) is 3.07. The lowest BCUT2D eigenvalue weighted by Gasteiger charge is -2.10. The van der Waals surface area contributed by atoms with E-state index in [1.807, 2.05) is 6.92 Å². The zero-order valence-corrected chi connectivity index (χ0v) is 11.7. The molecule has 0 bridgehead atoms. The van der Waals surface area contributed by atoms with Gasteiger partial charge in [0.15, 0.2) is 0 Å². The maximum Gasteiger partial charge on any atom is 0.213 e. The molecule has 0 saturated heterocycles. The van der Waals surface area contributed by atoms with E-state index in [-0.39, 0.29) is 0 Å². The Bertz CT molecular complexity index is 386. The fraction of sp³-hybridized carbons (Fsp3) is 0.667. The van der Waals surface area contributed by atoms with Crippen molar-refractivity contribution in [1.29, 1.82) is 0 Å². The van der Waals surface area contributed by atoms with Crippen molar-refractivity contribution in [3.05, 3.63) is 23.4 Å². The van der Waals surface area contributed by atoms with Crippen molar-refractivity contribution < 1.29 is 4.74 Å². The molecule has 2 rings (SSSR count). The number of nitrogens with zero attached hydrogens (tertiary/aromatic N) is 1. The molecule has 0 aromatic carbocycles. The van der Waals surface area contributed by atoms with Crippen LogP contribution in [0, 0.1) is 12.8 Å². The highest BCUT2D eigenvalue weighted by Gasteiger charge is 2.20. The minimum atomic E-state index is 0.672. The zero-order chi connectivity index (χ0) is 13.0. The van der Waals surface area contributed by atoms with Crippen molar-refractivity contribution in [2.75, 3.05) is 6.61 Å². The second kappa shape index (κ2) is 6.19. The van der Waals surface area contributed by atoms with Gasteiger partial charge < -0.3 is 10.1 Å². The van der Waals surface area contributed by atoms with E-state index in [0.29, 0.717) is 5.92 Å². The van der Waals surface area contributed by atoms with Gasteiger partial charge in [-0.25, -0.2) is 4.98 Å². The fourth-order valence-corrected chi connectivity index (χ4v) is 1.83. The van der Waals surface area contributed by atoms with Gasteiger partial charge in [0.2, 0.25) is 5.88 Å². The summed E-state index contributed by atoms with van der Waals surface area (Å²) in [6.45, 7) is 8.12. The molecule has 3 heteroatoms. The summed E-state index contributed by atoms with van der Waals surface area (Å²) in [5, 5.41) is 3.52. The smallest absolute Gasteiger partial charge is 0.213 e. The van der Waals surface area contributed by atoms with Crippen LogP contribution in [-0.2, 0) is 6.54 Å². The minimum absolute atomic E-state index is 0.672. The summed E-state index contributed by atoms with van der Waals surface area (Å²) in [7, 11) is 0. The van der Waals surface area contributed by atoms with E-state index in [1.165, 1.54) is 18.4 Å². The van der Waals surface area contributed by atoms with Crippen LogP contribution in [0.15, 0.2) is 12.1 Å². The van der Waals surface area contributed by atoms with Gasteiger partial charge in [0.1, 0.15) is 0 Å². The van der Waals surface area contributed by atoms with Gasteiger partial charge >= 0.3 is 0 Å². The van der Waals surface area contributed by atoms with Crippen LogP contribution >= 0.6 is 0 Å². The molecule has 1 N–H and O–H groups in total. The van der Waals surface area contributed by atoms with Gasteiger partial charge in [-0.2, -0.15) is 0 Å². The Hall–Kier alpha value is -1.09. The first-order chi connectivity index (χ1) is 8.63. The number of aromatic nitrogens is 1. The van der Waals surface area contributed by atoms with Gasteiger partial charge in [0.05, 0.1) is 6.61 Å². The molecule has 0 radical (unpaired) electrons. The Labute approximate surface area is 110 Å². The lowest BCUT2D eigenvalue weighted by Crippen LogP contribution is -2.15. The molecule has 0 atom stereocenters. The Morgan fingerprint density at radius 1 is 1.39 bits per heavy atom. The molecule has 18 heavy (non-hydrogen) atoms. The Morgan fingerprint density at radius 3 is 2.83 bits per heavy atom. The summed E-state index contributed by atoms with van der Waals surface area (Å²) in [6.07, 6.45) is 3.72. The Morgan fingerprint density at radius 2 is 2.17 bits per heavy atom. The molecular formula is C15H24N2O. The van der Waals surface area contributed by atoms with Gasteiger partial charge in [0.25, 0.3) is 0 Å². The SMILES string of the molecule is Cc1cc(CNC2CC2)cc(OCCC(C)C)n1. The van der Waals surface area contributed by atoms with E-state index in [9.17, 15) is 0 Å². The molecule has 1 fully saturated rings. The van der Waals surface area contributed by atoms with Crippen LogP contribution in [0.2, 0.25) is 0 Å². The van der Waals surface area contributed by atoms with Crippen molar-refractivity contribution in [2.45, 2.75) is 52.6 Å². The quantitative estimate of drug-likeness (QED) is 0.805. The average Bonchev–Trinajstić information content (AvgIpc) is 3.09. The highest BCUT2D eigenvalue weighted by molar-refractivity contribution is 5.24. The molecular weight excluding hydrogens is 224 g/mol. The molecule has 1 aromatic heterocycles. The molecule has 3 nitrogen and oxygen atoms in total. The van der Waals surface area contributed by atoms with Crippen molar-refractivity contribution in [1.82, 2.24) is 10.3 Å². The second-order valence-electron chi connectivity index (χ2n) is 5.64. The molecule has 100 valence electrons. The van der Waals surface area contributed by atoms with E-state index in [0.717, 1.165) is 37.2 Å². The molecule has 0 unspecified atom stereocenters. The summed E-state index contributed by atoms with van der Waals surface area (Å²) in [4.78, 5) is 4.42. The highest BCUT2D eigenvalue weighted by atomic mass is 16.5. The first-order valence-corrected chi connectivity index (χ1v) is 6.97. The molecule has 0 amide bonds. The topological polar surface area (TPSA) is 34.1 Å². The number of pyridine rings is 1. The third-order valence-corrected chi connectivity index (χ3v) is 3.11. The third-order valence-electron chi connectivity index (χ3n) is 3.11. The largest absolute Gasteiger partial charge is 0.478 e. The number of nitrogens with one attached hydrogen (secondary N) is 1. The van der Waals surface area contributed by atoms with Crippen molar-refractivity contribution in [3.63, 3.8) is 0 Å². The lowest BCUT2D eigenvalue weighted by atomic mass is 10.1. The lowest BCUT2D eigenvalue weighted by molar-refractivity contribution is 0.278. The van der Waals surface area contributed by atoms with Crippen LogP contribution in [0.4, 0.5) is 0 Å². The molecule has 1 aliphatic rings. The van der Waals surface area contributed by atoms with Crippen molar-refractivity contribution in [2.24, 2.45) is 5.92 Å². The first kappa shape index (κ1) is 13.3. The van der Waals surface area contributed by atoms with Gasteiger partial charge in [-0.3, -0.25) is 0 Å². The highest BCUT2D eigenvalue weighted by Crippen LogP contribution is 2.20. The van der Waals surface area contributed by atoms with Crippen LogP contribution in [0.1, 0.15) is 44.4 Å². The van der Waals surface area contributed by atoms with Gasteiger partial charge in [-0.15, -0.1) is 0 Å². The molecule has 1 heterocycles. The van der Waals surface area contributed by atoms with Crippen LogP contribution in [0.25, 0.3) is 0 Å². The third kappa shape index (κ3) is 4.65. The molecule has 0 spiro atoms. The molecule has 1 aromatic rings.